The van der Waals surface area contributed by atoms with E-state index in [1.165, 1.54) is 12.1 Å². The smallest absolute Gasteiger partial charge is 0.179 e. The van der Waals surface area contributed by atoms with Gasteiger partial charge < -0.3 is 4.98 Å². The number of nitrogens with one attached hydrogen (secondary N) is 1. The van der Waals surface area contributed by atoms with Crippen LogP contribution in [0.1, 0.15) is 5.82 Å². The van der Waals surface area contributed by atoms with E-state index >= 15 is 0 Å². The first-order valence-corrected chi connectivity index (χ1v) is 5.57. The zero-order chi connectivity index (χ0) is 12.5. The van der Waals surface area contributed by atoms with E-state index in [0.29, 0.717) is 11.6 Å². The van der Waals surface area contributed by atoms with E-state index in [2.05, 4.69) is 15.1 Å². The first kappa shape index (κ1) is 10.7. The number of hydrogen-bond acceptors (Lipinski definition) is 2. The monoisotopic (exact) mass is 242 g/mol. The third kappa shape index (κ3) is 1.79. The van der Waals surface area contributed by atoms with Gasteiger partial charge in [0.25, 0.3) is 0 Å². The number of aromatic amines is 1. The van der Waals surface area contributed by atoms with Gasteiger partial charge in [-0.05, 0) is 43.3 Å². The summed E-state index contributed by atoms with van der Waals surface area (Å²) in [5.74, 6) is 1.12. The molecule has 4 nitrogen and oxygen atoms in total. The third-order valence-electron chi connectivity index (χ3n) is 2.62. The Morgan fingerprint density at radius 2 is 1.94 bits per heavy atom. The first-order chi connectivity index (χ1) is 8.74. The van der Waals surface area contributed by atoms with Gasteiger partial charge in [-0.1, -0.05) is 0 Å². The van der Waals surface area contributed by atoms with Crippen LogP contribution in [0.3, 0.4) is 0 Å². The molecule has 0 bridgehead atoms. The molecule has 2 aromatic heterocycles. The van der Waals surface area contributed by atoms with E-state index in [-0.39, 0.29) is 5.82 Å². The van der Waals surface area contributed by atoms with Crippen LogP contribution in [-0.2, 0) is 0 Å². The van der Waals surface area contributed by atoms with Gasteiger partial charge in [-0.2, -0.15) is 5.10 Å². The minimum Gasteiger partial charge on any atom is -0.359 e. The number of benzene rings is 1. The summed E-state index contributed by atoms with van der Waals surface area (Å²) in [6.45, 7) is 1.83. The summed E-state index contributed by atoms with van der Waals surface area (Å²) >= 11 is 0. The summed E-state index contributed by atoms with van der Waals surface area (Å²) in [6, 6.07) is 9.99. The van der Waals surface area contributed by atoms with Crippen LogP contribution < -0.4 is 0 Å². The van der Waals surface area contributed by atoms with Gasteiger partial charge in [0.1, 0.15) is 11.6 Å². The molecule has 1 aromatic carbocycles. The summed E-state index contributed by atoms with van der Waals surface area (Å²) < 4.78 is 14.6. The number of aromatic nitrogens is 4. The van der Waals surface area contributed by atoms with E-state index in [0.717, 1.165) is 11.4 Å². The van der Waals surface area contributed by atoms with Gasteiger partial charge in [0.05, 0.1) is 11.4 Å². The van der Waals surface area contributed by atoms with Crippen LogP contribution in [0.2, 0.25) is 0 Å². The van der Waals surface area contributed by atoms with E-state index in [9.17, 15) is 4.39 Å². The fourth-order valence-corrected chi connectivity index (χ4v) is 1.82. The van der Waals surface area contributed by atoms with Gasteiger partial charge in [0.15, 0.2) is 5.82 Å². The first-order valence-electron chi connectivity index (χ1n) is 5.57. The Balaban J connectivity index is 2.15. The van der Waals surface area contributed by atoms with Crippen LogP contribution in [0, 0.1) is 12.7 Å². The number of halogens is 1. The molecule has 3 rings (SSSR count). The summed E-state index contributed by atoms with van der Waals surface area (Å²) in [4.78, 5) is 7.47. The Bertz CT molecular complexity index is 653. The molecule has 0 unspecified atom stereocenters. The summed E-state index contributed by atoms with van der Waals surface area (Å²) in [5.41, 5.74) is 1.65. The molecular weight excluding hydrogens is 231 g/mol. The summed E-state index contributed by atoms with van der Waals surface area (Å²) in [7, 11) is 0. The summed E-state index contributed by atoms with van der Waals surface area (Å²) in [6.07, 6.45) is 1.83. The molecule has 18 heavy (non-hydrogen) atoms. The second-order valence-corrected chi connectivity index (χ2v) is 3.95. The number of aryl methyl sites for hydroxylation is 1. The van der Waals surface area contributed by atoms with Crippen molar-refractivity contribution in [3.05, 3.63) is 54.2 Å². The maximum absolute atomic E-state index is 12.9. The molecule has 3 aromatic rings. The Hall–Kier alpha value is -2.43. The quantitative estimate of drug-likeness (QED) is 0.751. The predicted octanol–water partition coefficient (Wildman–Crippen LogP) is 2.71. The lowest BCUT2D eigenvalue weighted by molar-refractivity contribution is 0.627. The number of nitrogens with zero attached hydrogens (tertiary/aromatic N) is 3. The molecule has 5 heteroatoms. The lowest BCUT2D eigenvalue weighted by atomic mass is 10.3. The average Bonchev–Trinajstić information content (AvgIpc) is 2.98. The number of H-pyrrole nitrogens is 1. The molecule has 0 saturated carbocycles. The SMILES string of the molecule is Cc1nc(-c2ccc[nH]2)n(-c2ccc(F)cc2)n1. The minimum atomic E-state index is -0.267. The molecule has 0 amide bonds. The summed E-state index contributed by atoms with van der Waals surface area (Å²) in [5, 5.41) is 4.33. The highest BCUT2D eigenvalue weighted by atomic mass is 19.1. The van der Waals surface area contributed by atoms with E-state index in [1.807, 2.05) is 25.3 Å². The molecule has 0 aliphatic heterocycles. The molecule has 0 aliphatic rings. The van der Waals surface area contributed by atoms with Crippen molar-refractivity contribution in [3.8, 4) is 17.2 Å². The van der Waals surface area contributed by atoms with Gasteiger partial charge in [0, 0.05) is 6.20 Å². The van der Waals surface area contributed by atoms with Gasteiger partial charge >= 0.3 is 0 Å². The van der Waals surface area contributed by atoms with E-state index in [4.69, 9.17) is 0 Å². The molecule has 0 spiro atoms. The number of rotatable bonds is 2. The van der Waals surface area contributed by atoms with Crippen LogP contribution in [-0.4, -0.2) is 19.7 Å². The minimum absolute atomic E-state index is 0.267. The van der Waals surface area contributed by atoms with Crippen molar-refractivity contribution in [3.63, 3.8) is 0 Å². The standard InChI is InChI=1S/C13H11FN4/c1-9-16-13(12-3-2-8-15-12)18(17-9)11-6-4-10(14)5-7-11/h2-8,15H,1H3. The van der Waals surface area contributed by atoms with Crippen molar-refractivity contribution in [2.75, 3.05) is 0 Å². The van der Waals surface area contributed by atoms with Gasteiger partial charge in [-0.15, -0.1) is 0 Å². The van der Waals surface area contributed by atoms with Crippen LogP contribution in [0.15, 0.2) is 42.6 Å². The second kappa shape index (κ2) is 4.10. The predicted molar refractivity (Wildman–Crippen MR) is 65.8 cm³/mol. The van der Waals surface area contributed by atoms with Crippen LogP contribution in [0.4, 0.5) is 4.39 Å². The number of hydrogen-bond donors (Lipinski definition) is 1. The van der Waals surface area contributed by atoms with Crippen molar-refractivity contribution in [2.45, 2.75) is 6.92 Å². The van der Waals surface area contributed by atoms with Crippen molar-refractivity contribution < 1.29 is 4.39 Å². The molecule has 90 valence electrons. The highest BCUT2D eigenvalue weighted by Gasteiger charge is 2.11. The highest BCUT2D eigenvalue weighted by molar-refractivity contribution is 5.53. The molecule has 1 N–H and O–H groups in total. The van der Waals surface area contributed by atoms with E-state index < -0.39 is 0 Å². The molecule has 0 aliphatic carbocycles. The van der Waals surface area contributed by atoms with Crippen molar-refractivity contribution in [1.29, 1.82) is 0 Å². The fourth-order valence-electron chi connectivity index (χ4n) is 1.82. The zero-order valence-corrected chi connectivity index (χ0v) is 9.76. The molecule has 0 fully saturated rings. The topological polar surface area (TPSA) is 46.5 Å². The fraction of sp³-hybridized carbons (Fsp3) is 0.0769. The molecule has 2 heterocycles. The van der Waals surface area contributed by atoms with Gasteiger partial charge in [-0.25, -0.2) is 14.1 Å². The van der Waals surface area contributed by atoms with E-state index in [1.54, 1.807) is 16.8 Å². The Kier molecular flexibility index (Phi) is 2.44. The maximum atomic E-state index is 12.9. The molecule has 0 atom stereocenters. The highest BCUT2D eigenvalue weighted by Crippen LogP contribution is 2.19. The van der Waals surface area contributed by atoms with Crippen LogP contribution in [0.5, 0.6) is 0 Å². The Morgan fingerprint density at radius 3 is 2.61 bits per heavy atom. The second-order valence-electron chi connectivity index (χ2n) is 3.95. The average molecular weight is 242 g/mol. The van der Waals surface area contributed by atoms with Crippen LogP contribution >= 0.6 is 0 Å². The lowest BCUT2D eigenvalue weighted by Crippen LogP contribution is -1.99. The third-order valence-corrected chi connectivity index (χ3v) is 2.62. The Morgan fingerprint density at radius 1 is 1.17 bits per heavy atom. The zero-order valence-electron chi connectivity index (χ0n) is 9.76. The largest absolute Gasteiger partial charge is 0.359 e. The van der Waals surface area contributed by atoms with Crippen molar-refractivity contribution in [1.82, 2.24) is 19.7 Å². The van der Waals surface area contributed by atoms with Crippen molar-refractivity contribution in [2.24, 2.45) is 0 Å². The van der Waals surface area contributed by atoms with Crippen molar-refractivity contribution >= 4 is 0 Å². The molecular formula is C13H11FN4. The van der Waals surface area contributed by atoms with Gasteiger partial charge in [0.2, 0.25) is 0 Å². The normalized spacial score (nSPS) is 10.8. The lowest BCUT2D eigenvalue weighted by Gasteiger charge is -2.04. The van der Waals surface area contributed by atoms with Gasteiger partial charge in [-0.3, -0.25) is 0 Å². The molecule has 0 saturated heterocycles. The maximum Gasteiger partial charge on any atom is 0.179 e. The molecule has 0 radical (unpaired) electrons. The Labute approximate surface area is 103 Å². The van der Waals surface area contributed by atoms with Crippen LogP contribution in [0.25, 0.3) is 17.2 Å².